The summed E-state index contributed by atoms with van der Waals surface area (Å²) in [5.41, 5.74) is 3.16. The van der Waals surface area contributed by atoms with Crippen molar-refractivity contribution in [2.24, 2.45) is 5.92 Å². The number of ether oxygens (including phenoxy) is 3. The van der Waals surface area contributed by atoms with Crippen LogP contribution < -0.4 is 14.2 Å². The van der Waals surface area contributed by atoms with Crippen molar-refractivity contribution >= 4 is 5.97 Å². The number of aliphatic hydroxyl groups is 1. The molecule has 0 heterocycles. The zero-order valence-corrected chi connectivity index (χ0v) is 20.2. The smallest absolute Gasteiger partial charge is 0.307 e. The van der Waals surface area contributed by atoms with E-state index < -0.39 is 12.1 Å². The quantitative estimate of drug-likeness (QED) is 0.372. The van der Waals surface area contributed by atoms with E-state index in [1.54, 1.807) is 50.6 Å². The first-order valence-corrected chi connectivity index (χ1v) is 11.4. The lowest BCUT2D eigenvalue weighted by Crippen LogP contribution is -2.19. The zero-order valence-electron chi connectivity index (χ0n) is 20.2. The predicted octanol–water partition coefficient (Wildman–Crippen LogP) is 5.14. The van der Waals surface area contributed by atoms with Crippen LogP contribution in [0.25, 0.3) is 0 Å². The van der Waals surface area contributed by atoms with Crippen molar-refractivity contribution in [3.63, 3.8) is 0 Å². The van der Waals surface area contributed by atoms with Crippen molar-refractivity contribution in [3.05, 3.63) is 88.7 Å². The van der Waals surface area contributed by atoms with Gasteiger partial charge in [0.15, 0.2) is 0 Å². The molecule has 0 amide bonds. The average molecular weight is 483 g/mol. The first kappa shape index (κ1) is 26.0. The van der Waals surface area contributed by atoms with Crippen molar-refractivity contribution in [2.45, 2.75) is 32.3 Å². The Morgan fingerprint density at radius 3 is 2.17 bits per heavy atom. The number of hydrogen-bond acceptors (Lipinski definition) is 5. The van der Waals surface area contributed by atoms with Crippen LogP contribution in [0.2, 0.25) is 0 Å². The molecule has 0 fully saturated rings. The molecule has 35 heavy (non-hydrogen) atoms. The third-order valence-electron chi connectivity index (χ3n) is 5.99. The number of carboxylic acids is 1. The van der Waals surface area contributed by atoms with Gasteiger partial charge < -0.3 is 24.4 Å². The van der Waals surface area contributed by atoms with E-state index in [0.717, 1.165) is 11.1 Å². The third kappa shape index (κ3) is 7.20. The maximum absolute atomic E-state index is 13.5. The van der Waals surface area contributed by atoms with Gasteiger partial charge >= 0.3 is 5.97 Å². The van der Waals surface area contributed by atoms with E-state index in [2.05, 4.69) is 0 Å². The van der Waals surface area contributed by atoms with Crippen molar-refractivity contribution in [3.8, 4) is 17.2 Å². The number of rotatable bonds is 12. The van der Waals surface area contributed by atoms with Gasteiger partial charge in [-0.05, 0) is 66.6 Å². The van der Waals surface area contributed by atoms with Gasteiger partial charge in [-0.25, -0.2) is 4.39 Å². The molecule has 0 aromatic heterocycles. The largest absolute Gasteiger partial charge is 0.496 e. The van der Waals surface area contributed by atoms with E-state index in [1.165, 1.54) is 12.1 Å². The molecule has 186 valence electrons. The first-order chi connectivity index (χ1) is 16.8. The normalized spacial score (nSPS) is 12.6. The van der Waals surface area contributed by atoms with Crippen LogP contribution >= 0.6 is 0 Å². The summed E-state index contributed by atoms with van der Waals surface area (Å²) in [7, 11) is 3.14. The second-order valence-electron chi connectivity index (χ2n) is 8.44. The van der Waals surface area contributed by atoms with Crippen LogP contribution in [0, 0.1) is 18.7 Å². The highest BCUT2D eigenvalue weighted by atomic mass is 19.1. The van der Waals surface area contributed by atoms with Gasteiger partial charge in [0.1, 0.15) is 23.1 Å². The van der Waals surface area contributed by atoms with Crippen LogP contribution in [-0.2, 0) is 17.6 Å². The number of aliphatic carboxylic acids is 1. The molecule has 0 aliphatic rings. The highest BCUT2D eigenvalue weighted by Crippen LogP contribution is 2.36. The molecule has 0 saturated heterocycles. The molecule has 3 rings (SSSR count). The van der Waals surface area contributed by atoms with Crippen LogP contribution in [0.1, 0.15) is 34.8 Å². The monoisotopic (exact) mass is 482 g/mol. The maximum Gasteiger partial charge on any atom is 0.307 e. The Labute approximate surface area is 204 Å². The van der Waals surface area contributed by atoms with Crippen molar-refractivity contribution in [1.29, 1.82) is 0 Å². The molecule has 0 spiro atoms. The Morgan fingerprint density at radius 2 is 1.60 bits per heavy atom. The van der Waals surface area contributed by atoms with Gasteiger partial charge in [0.05, 0.1) is 33.4 Å². The summed E-state index contributed by atoms with van der Waals surface area (Å²) in [4.78, 5) is 11.0. The minimum Gasteiger partial charge on any atom is -0.496 e. The summed E-state index contributed by atoms with van der Waals surface area (Å²) in [6.45, 7) is 2.17. The molecule has 6 nitrogen and oxygen atoms in total. The van der Waals surface area contributed by atoms with E-state index >= 15 is 0 Å². The Kier molecular flexibility index (Phi) is 9.09. The highest BCUT2D eigenvalue weighted by molar-refractivity contribution is 5.70. The SMILES string of the molecule is COc1cc(C(O)[C@@H](CCOc2cccc(F)c2)Cc2ccc(CC(=O)O)cc2)cc(OC)c1C. The summed E-state index contributed by atoms with van der Waals surface area (Å²) in [5, 5.41) is 20.4. The van der Waals surface area contributed by atoms with Crippen LogP contribution in [0.15, 0.2) is 60.7 Å². The van der Waals surface area contributed by atoms with Crippen molar-refractivity contribution in [2.75, 3.05) is 20.8 Å². The lowest BCUT2D eigenvalue weighted by atomic mass is 9.86. The standard InChI is InChI=1S/C28H31FO6/c1-18-25(33-2)15-22(16-26(18)34-3)28(32)21(11-12-35-24-6-4-5-23(29)17-24)13-19-7-9-20(10-8-19)14-27(30)31/h4-10,15-17,21,28,32H,11-14H2,1-3H3,(H,30,31)/t21-,28?/m0/s1. The van der Waals surface area contributed by atoms with Gasteiger partial charge in [-0.3, -0.25) is 4.79 Å². The summed E-state index contributed by atoms with van der Waals surface area (Å²) >= 11 is 0. The first-order valence-electron chi connectivity index (χ1n) is 11.4. The minimum atomic E-state index is -0.886. The second kappa shape index (κ2) is 12.2. The van der Waals surface area contributed by atoms with Crippen LogP contribution in [-0.4, -0.2) is 37.0 Å². The second-order valence-corrected chi connectivity index (χ2v) is 8.44. The molecule has 2 atom stereocenters. The Bertz CT molecular complexity index is 1100. The summed E-state index contributed by atoms with van der Waals surface area (Å²) in [5.74, 6) is 0.153. The number of methoxy groups -OCH3 is 2. The fraction of sp³-hybridized carbons (Fsp3) is 0.321. The van der Waals surface area contributed by atoms with Gasteiger partial charge in [-0.15, -0.1) is 0 Å². The van der Waals surface area contributed by atoms with E-state index in [4.69, 9.17) is 19.3 Å². The van der Waals surface area contributed by atoms with E-state index in [0.29, 0.717) is 41.2 Å². The highest BCUT2D eigenvalue weighted by Gasteiger charge is 2.24. The molecule has 7 heteroatoms. The zero-order chi connectivity index (χ0) is 25.4. The number of carbonyl (C=O) groups is 1. The minimum absolute atomic E-state index is 0.0449. The molecular formula is C28H31FO6. The van der Waals surface area contributed by atoms with E-state index in [-0.39, 0.29) is 24.8 Å². The van der Waals surface area contributed by atoms with Crippen LogP contribution in [0.4, 0.5) is 4.39 Å². The van der Waals surface area contributed by atoms with Crippen molar-refractivity contribution < 1.29 is 33.6 Å². The number of halogens is 1. The number of hydrogen-bond donors (Lipinski definition) is 2. The molecule has 3 aromatic rings. The lowest BCUT2D eigenvalue weighted by Gasteiger charge is -2.25. The molecule has 0 radical (unpaired) electrons. The Hall–Kier alpha value is -3.58. The van der Waals surface area contributed by atoms with Crippen LogP contribution in [0.3, 0.4) is 0 Å². The fourth-order valence-electron chi connectivity index (χ4n) is 4.08. The molecular weight excluding hydrogens is 451 g/mol. The topological polar surface area (TPSA) is 85.2 Å². The van der Waals surface area contributed by atoms with Crippen molar-refractivity contribution in [1.82, 2.24) is 0 Å². The molecule has 1 unspecified atom stereocenters. The Morgan fingerprint density at radius 1 is 0.971 bits per heavy atom. The fourth-order valence-corrected chi connectivity index (χ4v) is 4.08. The molecule has 0 aliphatic carbocycles. The number of carboxylic acid groups (broad SMARTS) is 1. The average Bonchev–Trinajstić information content (AvgIpc) is 2.84. The van der Waals surface area contributed by atoms with E-state index in [9.17, 15) is 14.3 Å². The van der Waals surface area contributed by atoms with Gasteiger partial charge in [0, 0.05) is 11.6 Å². The lowest BCUT2D eigenvalue weighted by molar-refractivity contribution is -0.136. The molecule has 0 bridgehead atoms. The molecule has 0 aliphatic heterocycles. The van der Waals surface area contributed by atoms with E-state index in [1.807, 2.05) is 19.1 Å². The summed E-state index contributed by atoms with van der Waals surface area (Å²) < 4.78 is 30.2. The number of benzene rings is 3. The summed E-state index contributed by atoms with van der Waals surface area (Å²) in [6.07, 6.45) is 0.122. The van der Waals surface area contributed by atoms with Gasteiger partial charge in [-0.1, -0.05) is 30.3 Å². The third-order valence-corrected chi connectivity index (χ3v) is 5.99. The van der Waals surface area contributed by atoms with Crippen LogP contribution in [0.5, 0.6) is 17.2 Å². The Balaban J connectivity index is 1.82. The molecule has 3 aromatic carbocycles. The van der Waals surface area contributed by atoms with Gasteiger partial charge in [0.2, 0.25) is 0 Å². The number of aliphatic hydroxyl groups excluding tert-OH is 1. The maximum atomic E-state index is 13.5. The molecule has 2 N–H and O–H groups in total. The van der Waals surface area contributed by atoms with Gasteiger partial charge in [0.25, 0.3) is 0 Å². The van der Waals surface area contributed by atoms with Gasteiger partial charge in [-0.2, -0.15) is 0 Å². The predicted molar refractivity (Wildman–Crippen MR) is 131 cm³/mol. The summed E-state index contributed by atoms with van der Waals surface area (Å²) in [6, 6.07) is 16.9. The molecule has 0 saturated carbocycles.